The van der Waals surface area contributed by atoms with Crippen LogP contribution in [0.3, 0.4) is 0 Å². The van der Waals surface area contributed by atoms with E-state index in [0.29, 0.717) is 6.42 Å². The molecule has 19 heavy (non-hydrogen) atoms. The average molecular weight is 259 g/mol. The third kappa shape index (κ3) is 3.93. The van der Waals surface area contributed by atoms with Crippen LogP contribution in [-0.2, 0) is 11.2 Å². The fourth-order valence-electron chi connectivity index (χ4n) is 2.32. The minimum atomic E-state index is -0.198. The lowest BCUT2D eigenvalue weighted by Crippen LogP contribution is -2.41. The molecule has 0 fully saturated rings. The van der Waals surface area contributed by atoms with E-state index in [1.807, 2.05) is 43.3 Å². The SMILES string of the molecule is Cc1ccc(C[C@@H](CO)NC(=O)C2CC=CC2)cc1. The summed E-state index contributed by atoms with van der Waals surface area (Å²) in [5.74, 6) is 0.100. The van der Waals surface area contributed by atoms with Gasteiger partial charge in [-0.15, -0.1) is 0 Å². The van der Waals surface area contributed by atoms with E-state index >= 15 is 0 Å². The van der Waals surface area contributed by atoms with Crippen molar-refractivity contribution in [3.8, 4) is 0 Å². The summed E-state index contributed by atoms with van der Waals surface area (Å²) in [7, 11) is 0. The van der Waals surface area contributed by atoms with Crippen LogP contribution in [0.4, 0.5) is 0 Å². The zero-order valence-corrected chi connectivity index (χ0v) is 11.3. The highest BCUT2D eigenvalue weighted by Gasteiger charge is 2.21. The smallest absolute Gasteiger partial charge is 0.224 e. The van der Waals surface area contributed by atoms with E-state index in [4.69, 9.17) is 0 Å². The lowest BCUT2D eigenvalue weighted by molar-refractivity contribution is -0.125. The number of hydrogen-bond donors (Lipinski definition) is 2. The highest BCUT2D eigenvalue weighted by molar-refractivity contribution is 5.79. The molecular weight excluding hydrogens is 238 g/mol. The van der Waals surface area contributed by atoms with Crippen molar-refractivity contribution >= 4 is 5.91 Å². The summed E-state index contributed by atoms with van der Waals surface area (Å²) in [6.07, 6.45) is 6.38. The van der Waals surface area contributed by atoms with Gasteiger partial charge in [-0.1, -0.05) is 42.0 Å². The first-order valence-electron chi connectivity index (χ1n) is 6.81. The Bertz CT molecular complexity index is 442. The molecule has 0 saturated heterocycles. The van der Waals surface area contributed by atoms with Crippen molar-refractivity contribution in [2.24, 2.45) is 5.92 Å². The Balaban J connectivity index is 1.89. The summed E-state index contributed by atoms with van der Waals surface area (Å²) in [5, 5.41) is 12.3. The topological polar surface area (TPSA) is 49.3 Å². The normalized spacial score (nSPS) is 16.5. The predicted molar refractivity (Wildman–Crippen MR) is 75.8 cm³/mol. The molecule has 3 nitrogen and oxygen atoms in total. The summed E-state index contributed by atoms with van der Waals surface area (Å²) in [5.41, 5.74) is 2.35. The van der Waals surface area contributed by atoms with Crippen LogP contribution in [0.2, 0.25) is 0 Å². The maximum Gasteiger partial charge on any atom is 0.224 e. The standard InChI is InChI=1S/C16H21NO2/c1-12-6-8-13(9-7-12)10-15(11-18)17-16(19)14-4-2-3-5-14/h2-3,6-9,14-15,18H,4-5,10-11H2,1H3,(H,17,19)/t15-/m0/s1. The molecule has 0 aliphatic heterocycles. The summed E-state index contributed by atoms with van der Waals surface area (Å²) in [6.45, 7) is 2.02. The fourth-order valence-corrected chi connectivity index (χ4v) is 2.32. The number of nitrogens with one attached hydrogen (secondary N) is 1. The highest BCUT2D eigenvalue weighted by Crippen LogP contribution is 2.18. The molecule has 0 bridgehead atoms. The van der Waals surface area contributed by atoms with E-state index in [1.54, 1.807) is 0 Å². The Hall–Kier alpha value is -1.61. The predicted octanol–water partition coefficient (Wildman–Crippen LogP) is 1.98. The second-order valence-corrected chi connectivity index (χ2v) is 5.22. The van der Waals surface area contributed by atoms with Crippen molar-refractivity contribution in [3.63, 3.8) is 0 Å². The average Bonchev–Trinajstić information content (AvgIpc) is 2.94. The van der Waals surface area contributed by atoms with Crippen molar-refractivity contribution in [3.05, 3.63) is 47.5 Å². The van der Waals surface area contributed by atoms with Crippen LogP contribution in [0.25, 0.3) is 0 Å². The first kappa shape index (κ1) is 13.8. The monoisotopic (exact) mass is 259 g/mol. The number of carbonyl (C=O) groups excluding carboxylic acids is 1. The first-order valence-corrected chi connectivity index (χ1v) is 6.81. The maximum atomic E-state index is 12.0. The summed E-state index contributed by atoms with van der Waals surface area (Å²) in [6, 6.07) is 7.98. The van der Waals surface area contributed by atoms with Crippen LogP contribution >= 0.6 is 0 Å². The van der Waals surface area contributed by atoms with Gasteiger partial charge in [0.1, 0.15) is 0 Å². The van der Waals surface area contributed by atoms with Crippen molar-refractivity contribution in [2.75, 3.05) is 6.61 Å². The van der Waals surface area contributed by atoms with Gasteiger partial charge in [0, 0.05) is 5.92 Å². The molecule has 2 N–H and O–H groups in total. The van der Waals surface area contributed by atoms with Gasteiger partial charge >= 0.3 is 0 Å². The van der Waals surface area contributed by atoms with Gasteiger partial charge in [-0.3, -0.25) is 4.79 Å². The van der Waals surface area contributed by atoms with E-state index in [-0.39, 0.29) is 24.5 Å². The summed E-state index contributed by atoms with van der Waals surface area (Å²) < 4.78 is 0. The Morgan fingerprint density at radius 1 is 1.32 bits per heavy atom. The minimum Gasteiger partial charge on any atom is -0.394 e. The van der Waals surface area contributed by atoms with E-state index in [9.17, 15) is 9.90 Å². The summed E-state index contributed by atoms with van der Waals surface area (Å²) >= 11 is 0. The van der Waals surface area contributed by atoms with Crippen molar-refractivity contribution in [1.82, 2.24) is 5.32 Å². The number of allylic oxidation sites excluding steroid dienone is 2. The molecule has 0 radical (unpaired) electrons. The van der Waals surface area contributed by atoms with Gasteiger partial charge in [-0.05, 0) is 31.7 Å². The van der Waals surface area contributed by atoms with Gasteiger partial charge in [0.05, 0.1) is 12.6 Å². The van der Waals surface area contributed by atoms with Crippen LogP contribution in [0.5, 0.6) is 0 Å². The number of benzene rings is 1. The van der Waals surface area contributed by atoms with Crippen LogP contribution in [0.15, 0.2) is 36.4 Å². The maximum absolute atomic E-state index is 12.0. The Morgan fingerprint density at radius 2 is 1.95 bits per heavy atom. The lowest BCUT2D eigenvalue weighted by Gasteiger charge is -2.19. The second kappa shape index (κ2) is 6.53. The lowest BCUT2D eigenvalue weighted by atomic mass is 10.0. The minimum absolute atomic E-state index is 0.0280. The molecule has 0 unspecified atom stereocenters. The van der Waals surface area contributed by atoms with Crippen LogP contribution in [0.1, 0.15) is 24.0 Å². The van der Waals surface area contributed by atoms with Crippen LogP contribution in [-0.4, -0.2) is 23.7 Å². The number of aryl methyl sites for hydroxylation is 1. The van der Waals surface area contributed by atoms with E-state index in [0.717, 1.165) is 18.4 Å². The van der Waals surface area contributed by atoms with Gasteiger partial charge in [0.25, 0.3) is 0 Å². The largest absolute Gasteiger partial charge is 0.394 e. The molecule has 3 heteroatoms. The molecule has 2 rings (SSSR count). The second-order valence-electron chi connectivity index (χ2n) is 5.22. The Kier molecular flexibility index (Phi) is 4.74. The molecule has 0 saturated carbocycles. The van der Waals surface area contributed by atoms with Gasteiger partial charge < -0.3 is 10.4 Å². The zero-order valence-electron chi connectivity index (χ0n) is 11.3. The Labute approximate surface area is 114 Å². The molecule has 1 aliphatic rings. The molecule has 0 spiro atoms. The third-order valence-corrected chi connectivity index (χ3v) is 3.55. The summed E-state index contributed by atoms with van der Waals surface area (Å²) in [4.78, 5) is 12.0. The number of amides is 1. The highest BCUT2D eigenvalue weighted by atomic mass is 16.3. The van der Waals surface area contributed by atoms with Gasteiger partial charge in [-0.2, -0.15) is 0 Å². The van der Waals surface area contributed by atoms with Crippen molar-refractivity contribution in [1.29, 1.82) is 0 Å². The van der Waals surface area contributed by atoms with Crippen molar-refractivity contribution in [2.45, 2.75) is 32.2 Å². The molecule has 102 valence electrons. The number of aliphatic hydroxyl groups is 1. The molecule has 1 aromatic carbocycles. The molecule has 1 atom stereocenters. The van der Waals surface area contributed by atoms with Crippen molar-refractivity contribution < 1.29 is 9.90 Å². The Morgan fingerprint density at radius 3 is 2.53 bits per heavy atom. The first-order chi connectivity index (χ1) is 9.19. The van der Waals surface area contributed by atoms with E-state index in [2.05, 4.69) is 5.32 Å². The number of aliphatic hydroxyl groups excluding tert-OH is 1. The quantitative estimate of drug-likeness (QED) is 0.794. The van der Waals surface area contributed by atoms with E-state index in [1.165, 1.54) is 5.56 Å². The zero-order chi connectivity index (χ0) is 13.7. The molecule has 0 heterocycles. The van der Waals surface area contributed by atoms with E-state index < -0.39 is 0 Å². The number of hydrogen-bond acceptors (Lipinski definition) is 2. The molecular formula is C16H21NO2. The van der Waals surface area contributed by atoms with Gasteiger partial charge in [-0.25, -0.2) is 0 Å². The third-order valence-electron chi connectivity index (χ3n) is 3.55. The van der Waals surface area contributed by atoms with Gasteiger partial charge in [0.2, 0.25) is 5.91 Å². The number of carbonyl (C=O) groups is 1. The molecule has 1 aliphatic carbocycles. The van der Waals surface area contributed by atoms with Gasteiger partial charge in [0.15, 0.2) is 0 Å². The number of rotatable bonds is 5. The molecule has 1 aromatic rings. The molecule has 0 aromatic heterocycles. The fraction of sp³-hybridized carbons (Fsp3) is 0.438. The van der Waals surface area contributed by atoms with Crippen LogP contribution < -0.4 is 5.32 Å². The van der Waals surface area contributed by atoms with Crippen LogP contribution in [0, 0.1) is 12.8 Å². The molecule has 1 amide bonds.